The summed E-state index contributed by atoms with van der Waals surface area (Å²) >= 11 is 0. The number of nitrogens with one attached hydrogen (secondary N) is 1. The van der Waals surface area contributed by atoms with Crippen molar-refractivity contribution in [1.82, 2.24) is 5.32 Å². The lowest BCUT2D eigenvalue weighted by Gasteiger charge is -2.29. The molecular formula is C18H23NO2. The maximum atomic E-state index is 10.4. The van der Waals surface area contributed by atoms with Crippen LogP contribution >= 0.6 is 0 Å². The van der Waals surface area contributed by atoms with Crippen molar-refractivity contribution in [2.75, 3.05) is 13.2 Å². The Labute approximate surface area is 125 Å². The highest BCUT2D eigenvalue weighted by molar-refractivity contribution is 5.83. The van der Waals surface area contributed by atoms with Crippen molar-refractivity contribution in [1.29, 1.82) is 0 Å². The molecule has 0 amide bonds. The first-order chi connectivity index (χ1) is 10.2. The van der Waals surface area contributed by atoms with E-state index >= 15 is 0 Å². The van der Waals surface area contributed by atoms with E-state index in [1.807, 2.05) is 30.3 Å². The Morgan fingerprint density at radius 2 is 1.76 bits per heavy atom. The van der Waals surface area contributed by atoms with Gasteiger partial charge in [-0.25, -0.2) is 0 Å². The Hall–Kier alpha value is -1.42. The fourth-order valence-corrected chi connectivity index (χ4v) is 3.29. The van der Waals surface area contributed by atoms with Crippen molar-refractivity contribution in [2.45, 2.75) is 37.3 Å². The molecule has 1 saturated carbocycles. The van der Waals surface area contributed by atoms with Gasteiger partial charge in [-0.2, -0.15) is 0 Å². The summed E-state index contributed by atoms with van der Waals surface area (Å²) in [6.07, 6.45) is 3.75. The number of β-amino-alcohol motifs (C(OH)–C–C–N with tert-alkyl or cyclic N) is 1. The van der Waals surface area contributed by atoms with Crippen LogP contribution in [0.5, 0.6) is 0 Å². The summed E-state index contributed by atoms with van der Waals surface area (Å²) in [7, 11) is 0. The first-order valence-electron chi connectivity index (χ1n) is 7.75. The third-order valence-corrected chi connectivity index (χ3v) is 4.69. The molecule has 0 heterocycles. The molecule has 3 nitrogen and oxygen atoms in total. The Bertz CT molecular complexity index is 605. The van der Waals surface area contributed by atoms with Crippen molar-refractivity contribution in [3.8, 4) is 0 Å². The Balaban J connectivity index is 1.70. The van der Waals surface area contributed by atoms with Crippen molar-refractivity contribution in [3.63, 3.8) is 0 Å². The molecule has 0 aliphatic heterocycles. The summed E-state index contributed by atoms with van der Waals surface area (Å²) < 4.78 is 0. The quantitative estimate of drug-likeness (QED) is 0.792. The molecule has 21 heavy (non-hydrogen) atoms. The standard InChI is InChI=1S/C18H23NO2/c20-13-18(9-3-4-10-18)19-12-17(21)16-8-7-14-5-1-2-6-15(14)11-16/h1-2,5-8,11,17,19-21H,3-4,9-10,12-13H2. The molecule has 0 saturated heterocycles. The first kappa shape index (κ1) is 14.5. The second kappa shape index (κ2) is 6.14. The van der Waals surface area contributed by atoms with Gasteiger partial charge in [-0.05, 0) is 35.2 Å². The van der Waals surface area contributed by atoms with Gasteiger partial charge in [0, 0.05) is 12.1 Å². The molecule has 0 aromatic heterocycles. The van der Waals surface area contributed by atoms with Gasteiger partial charge in [0.05, 0.1) is 12.7 Å². The highest BCUT2D eigenvalue weighted by Gasteiger charge is 2.33. The van der Waals surface area contributed by atoms with Crippen LogP contribution in [0, 0.1) is 0 Å². The van der Waals surface area contributed by atoms with Gasteiger partial charge < -0.3 is 15.5 Å². The van der Waals surface area contributed by atoms with Gasteiger partial charge in [0.25, 0.3) is 0 Å². The highest BCUT2D eigenvalue weighted by atomic mass is 16.3. The van der Waals surface area contributed by atoms with Crippen LogP contribution in [0.15, 0.2) is 42.5 Å². The van der Waals surface area contributed by atoms with E-state index < -0.39 is 6.10 Å². The maximum Gasteiger partial charge on any atom is 0.0914 e. The molecule has 0 bridgehead atoms. The highest BCUT2D eigenvalue weighted by Crippen LogP contribution is 2.29. The van der Waals surface area contributed by atoms with E-state index in [-0.39, 0.29) is 12.1 Å². The number of hydrogen-bond acceptors (Lipinski definition) is 3. The zero-order valence-electron chi connectivity index (χ0n) is 12.3. The van der Waals surface area contributed by atoms with E-state index in [0.717, 1.165) is 36.6 Å². The second-order valence-corrected chi connectivity index (χ2v) is 6.15. The molecule has 2 aromatic carbocycles. The molecule has 112 valence electrons. The van der Waals surface area contributed by atoms with Gasteiger partial charge >= 0.3 is 0 Å². The molecule has 3 rings (SSSR count). The van der Waals surface area contributed by atoms with E-state index in [0.29, 0.717) is 6.54 Å². The van der Waals surface area contributed by atoms with Gasteiger partial charge in [0.1, 0.15) is 0 Å². The minimum atomic E-state index is -0.543. The van der Waals surface area contributed by atoms with Crippen LogP contribution < -0.4 is 5.32 Å². The lowest BCUT2D eigenvalue weighted by Crippen LogP contribution is -2.47. The van der Waals surface area contributed by atoms with Crippen molar-refractivity contribution < 1.29 is 10.2 Å². The fourth-order valence-electron chi connectivity index (χ4n) is 3.29. The van der Waals surface area contributed by atoms with Gasteiger partial charge in [0.2, 0.25) is 0 Å². The van der Waals surface area contributed by atoms with Crippen LogP contribution in [-0.2, 0) is 0 Å². The lowest BCUT2D eigenvalue weighted by molar-refractivity contribution is 0.122. The van der Waals surface area contributed by atoms with Crippen molar-refractivity contribution in [3.05, 3.63) is 48.0 Å². The van der Waals surface area contributed by atoms with E-state index in [9.17, 15) is 10.2 Å². The number of rotatable bonds is 5. The van der Waals surface area contributed by atoms with Crippen LogP contribution in [0.4, 0.5) is 0 Å². The Morgan fingerprint density at radius 1 is 1.05 bits per heavy atom. The molecule has 0 radical (unpaired) electrons. The summed E-state index contributed by atoms with van der Waals surface area (Å²) in [4.78, 5) is 0. The average molecular weight is 285 g/mol. The molecular weight excluding hydrogens is 262 g/mol. The number of hydrogen-bond donors (Lipinski definition) is 3. The largest absolute Gasteiger partial charge is 0.394 e. The second-order valence-electron chi connectivity index (χ2n) is 6.15. The molecule has 3 N–H and O–H groups in total. The lowest BCUT2D eigenvalue weighted by atomic mass is 9.97. The normalized spacial score (nSPS) is 19.0. The summed E-state index contributed by atoms with van der Waals surface area (Å²) in [6, 6.07) is 14.2. The zero-order valence-corrected chi connectivity index (χ0v) is 12.3. The number of fused-ring (bicyclic) bond motifs is 1. The Morgan fingerprint density at radius 3 is 2.48 bits per heavy atom. The number of aliphatic hydroxyl groups is 2. The fraction of sp³-hybridized carbons (Fsp3) is 0.444. The number of benzene rings is 2. The van der Waals surface area contributed by atoms with E-state index in [1.165, 1.54) is 5.39 Å². The minimum Gasteiger partial charge on any atom is -0.394 e. The summed E-state index contributed by atoms with van der Waals surface area (Å²) in [5.41, 5.74) is 0.741. The monoisotopic (exact) mass is 285 g/mol. The average Bonchev–Trinajstić information content (AvgIpc) is 3.01. The van der Waals surface area contributed by atoms with E-state index in [2.05, 4.69) is 17.4 Å². The number of aliphatic hydroxyl groups excluding tert-OH is 2. The molecule has 3 heteroatoms. The van der Waals surface area contributed by atoms with Gasteiger partial charge in [0.15, 0.2) is 0 Å². The van der Waals surface area contributed by atoms with E-state index in [1.54, 1.807) is 0 Å². The summed E-state index contributed by atoms with van der Waals surface area (Å²) in [5.74, 6) is 0. The van der Waals surface area contributed by atoms with Crippen LogP contribution in [0.2, 0.25) is 0 Å². The van der Waals surface area contributed by atoms with Gasteiger partial charge in [-0.15, -0.1) is 0 Å². The SMILES string of the molecule is OCC1(NCC(O)c2ccc3ccccc3c2)CCCC1. The molecule has 1 aliphatic rings. The third-order valence-electron chi connectivity index (χ3n) is 4.69. The van der Waals surface area contributed by atoms with Crippen molar-refractivity contribution in [2.24, 2.45) is 0 Å². The van der Waals surface area contributed by atoms with Gasteiger partial charge in [-0.3, -0.25) is 0 Å². The minimum absolute atomic E-state index is 0.150. The zero-order chi connectivity index (χ0) is 14.7. The molecule has 0 spiro atoms. The molecule has 1 unspecified atom stereocenters. The molecule has 1 fully saturated rings. The molecule has 2 aromatic rings. The predicted molar refractivity (Wildman–Crippen MR) is 85.2 cm³/mol. The van der Waals surface area contributed by atoms with E-state index in [4.69, 9.17) is 0 Å². The summed E-state index contributed by atoms with van der Waals surface area (Å²) in [5, 5.41) is 25.7. The smallest absolute Gasteiger partial charge is 0.0914 e. The predicted octanol–water partition coefficient (Wildman–Crippen LogP) is 2.77. The van der Waals surface area contributed by atoms with Crippen LogP contribution in [0.25, 0.3) is 10.8 Å². The molecule has 1 atom stereocenters. The van der Waals surface area contributed by atoms with Crippen LogP contribution in [0.1, 0.15) is 37.4 Å². The third kappa shape index (κ3) is 3.10. The Kier molecular flexibility index (Phi) is 4.24. The topological polar surface area (TPSA) is 52.5 Å². The first-order valence-corrected chi connectivity index (χ1v) is 7.75. The summed E-state index contributed by atoms with van der Waals surface area (Å²) in [6.45, 7) is 0.635. The van der Waals surface area contributed by atoms with Gasteiger partial charge in [-0.1, -0.05) is 49.2 Å². The molecule has 1 aliphatic carbocycles. The maximum absolute atomic E-state index is 10.4. The van der Waals surface area contributed by atoms with Crippen LogP contribution in [-0.4, -0.2) is 28.9 Å². The van der Waals surface area contributed by atoms with Crippen LogP contribution in [0.3, 0.4) is 0 Å². The van der Waals surface area contributed by atoms with Crippen molar-refractivity contribution >= 4 is 10.8 Å².